The monoisotopic (exact) mass is 483 g/mol. The van der Waals surface area contributed by atoms with Gasteiger partial charge in [-0.1, -0.05) is 0 Å². The van der Waals surface area contributed by atoms with Crippen LogP contribution in [-0.4, -0.2) is 0 Å². The van der Waals surface area contributed by atoms with Gasteiger partial charge in [-0.05, 0) is 0 Å². The van der Waals surface area contributed by atoms with Crippen LogP contribution in [0.4, 0.5) is 0 Å². The van der Waals surface area contributed by atoms with Crippen molar-refractivity contribution in [3.63, 3.8) is 0 Å². The molecule has 0 radical (unpaired) electrons. The van der Waals surface area contributed by atoms with E-state index in [-0.39, 0.29) is 34.0 Å². The van der Waals surface area contributed by atoms with Crippen molar-refractivity contribution in [2.75, 3.05) is 0 Å². The molecule has 0 saturated heterocycles. The Morgan fingerprint density at radius 3 is 2.67 bits per heavy atom. The van der Waals surface area contributed by atoms with E-state index in [1.165, 1.54) is 30.4 Å². The van der Waals surface area contributed by atoms with Crippen LogP contribution in [0, 0.1) is 0 Å². The normalized spacial score (nSPS) is 19.0. The summed E-state index contributed by atoms with van der Waals surface area (Å²) in [6, 6.07) is 8.88. The van der Waals surface area contributed by atoms with Gasteiger partial charge in [0, 0.05) is 0 Å². The largest absolute Gasteiger partial charge is 1.00 e. The molecule has 1 aromatic carbocycles. The molecule has 21 heavy (non-hydrogen) atoms. The second kappa shape index (κ2) is 8.80. The number of unbranched alkanes of at least 4 members (excludes halogenated alkanes) is 1. The molecule has 0 fully saturated rings. The Labute approximate surface area is 164 Å². The third-order valence-corrected chi connectivity index (χ3v) is 5.63. The summed E-state index contributed by atoms with van der Waals surface area (Å²) in [5.41, 5.74) is 7.77. The molecule has 0 aliphatic heterocycles. The minimum Gasteiger partial charge on any atom is -1.00 e. The molecule has 0 nitrogen and oxygen atoms in total. The number of fused-ring (bicyclic) bond motifs is 1. The number of rotatable bonds is 4. The van der Waals surface area contributed by atoms with Crippen LogP contribution in [0.5, 0.6) is 0 Å². The van der Waals surface area contributed by atoms with Crippen molar-refractivity contribution in [3.05, 3.63) is 64.3 Å². The Bertz CT molecular complexity index is 585. The zero-order valence-corrected chi connectivity index (χ0v) is 17.8. The zero-order chi connectivity index (χ0) is 13.2. The summed E-state index contributed by atoms with van der Waals surface area (Å²) in [5.74, 6) is 0. The van der Waals surface area contributed by atoms with Gasteiger partial charge in [0.15, 0.2) is 0 Å². The van der Waals surface area contributed by atoms with Gasteiger partial charge in [0.05, 0.1) is 0 Å². The van der Waals surface area contributed by atoms with Gasteiger partial charge in [-0.3, -0.25) is 0 Å². The summed E-state index contributed by atoms with van der Waals surface area (Å²) in [4.78, 5) is 0. The van der Waals surface area contributed by atoms with E-state index < -0.39 is 0 Å². The van der Waals surface area contributed by atoms with Crippen molar-refractivity contribution in [2.45, 2.75) is 36.2 Å². The van der Waals surface area contributed by atoms with E-state index in [1.54, 1.807) is 41.4 Å². The molecule has 1 atom stereocenters. The first-order valence-corrected chi connectivity index (χ1v) is 8.63. The maximum absolute atomic E-state index is 2.43. The Morgan fingerprint density at radius 2 is 1.95 bits per heavy atom. The molecule has 2 aliphatic carbocycles. The second-order valence-electron chi connectivity index (χ2n) is 5.38. The van der Waals surface area contributed by atoms with Gasteiger partial charge < -0.3 is 34.0 Å². The van der Waals surface area contributed by atoms with Gasteiger partial charge in [-0.25, -0.2) is 0 Å². The first kappa shape index (κ1) is 19.3. The topological polar surface area (TPSA) is 0 Å². The Hall–Kier alpha value is 0.283. The van der Waals surface area contributed by atoms with E-state index >= 15 is 0 Å². The van der Waals surface area contributed by atoms with Crippen LogP contribution in [0.2, 0.25) is 0 Å². The maximum atomic E-state index is 2.43. The molecule has 3 rings (SSSR count). The van der Waals surface area contributed by atoms with Gasteiger partial charge in [0.2, 0.25) is 0 Å². The van der Waals surface area contributed by atoms with Gasteiger partial charge in [0.1, 0.15) is 0 Å². The minimum absolute atomic E-state index is 0. The van der Waals surface area contributed by atoms with Crippen molar-refractivity contribution >= 4 is 6.08 Å². The van der Waals surface area contributed by atoms with Gasteiger partial charge in [0.25, 0.3) is 0 Å². The third-order valence-electron chi connectivity index (χ3n) is 4.11. The first-order chi connectivity index (χ1) is 9.31. The van der Waals surface area contributed by atoms with Crippen molar-refractivity contribution in [1.29, 1.82) is 0 Å². The van der Waals surface area contributed by atoms with Crippen LogP contribution in [-0.2, 0) is 24.7 Å². The molecule has 0 aromatic heterocycles. The summed E-state index contributed by atoms with van der Waals surface area (Å²) in [6.07, 6.45) is 12.1. The van der Waals surface area contributed by atoms with E-state index in [4.69, 9.17) is 0 Å². The smallest absolute Gasteiger partial charge is 1.00 e. The molecule has 0 N–H and O–H groups in total. The van der Waals surface area contributed by atoms with Gasteiger partial charge >= 0.3 is 131 Å². The molecule has 0 amide bonds. The average molecular weight is 486 g/mol. The van der Waals surface area contributed by atoms with Crippen LogP contribution >= 0.6 is 0 Å². The van der Waals surface area contributed by atoms with Crippen molar-refractivity contribution in [1.82, 2.24) is 0 Å². The third kappa shape index (κ3) is 3.98. The number of allylic oxidation sites excluding steroid dienone is 5. The Kier molecular flexibility index (Phi) is 8.10. The van der Waals surface area contributed by atoms with Crippen LogP contribution in [0.25, 0.3) is 6.08 Å². The minimum atomic E-state index is 0. The van der Waals surface area contributed by atoms with Crippen LogP contribution < -0.4 is 34.0 Å². The molecular formula is C18H19Br2Zr. The van der Waals surface area contributed by atoms with Crippen molar-refractivity contribution in [3.8, 4) is 0 Å². The summed E-state index contributed by atoms with van der Waals surface area (Å²) < 4.78 is 0.648. The van der Waals surface area contributed by atoms with Gasteiger partial charge in [-0.15, -0.1) is 0 Å². The summed E-state index contributed by atoms with van der Waals surface area (Å²) >= 11 is 1.61. The molecule has 0 saturated carbocycles. The first-order valence-electron chi connectivity index (χ1n) is 7.22. The molecule has 1 aromatic rings. The predicted molar refractivity (Wildman–Crippen MR) is 77.5 cm³/mol. The van der Waals surface area contributed by atoms with Gasteiger partial charge in [-0.2, -0.15) is 0 Å². The van der Waals surface area contributed by atoms with E-state index in [0.29, 0.717) is 3.63 Å². The van der Waals surface area contributed by atoms with Crippen LogP contribution in [0.15, 0.2) is 53.1 Å². The molecule has 2 aliphatic rings. The SMILES string of the molecule is CCCCC1=C(C2=Cc3ccccc3[CH]2[Zr+2])CC=C1.[Br-].[Br-]. The number of halogens is 2. The maximum Gasteiger partial charge on any atom is -1.00 e. The molecule has 109 valence electrons. The van der Waals surface area contributed by atoms with E-state index in [2.05, 4.69) is 49.4 Å². The molecule has 0 bridgehead atoms. The van der Waals surface area contributed by atoms with Crippen LogP contribution in [0.1, 0.15) is 47.4 Å². The average Bonchev–Trinajstić information content (AvgIpc) is 3.01. The van der Waals surface area contributed by atoms with Crippen molar-refractivity contribution in [2.24, 2.45) is 0 Å². The summed E-state index contributed by atoms with van der Waals surface area (Å²) in [6.45, 7) is 2.27. The Morgan fingerprint density at radius 1 is 1.19 bits per heavy atom. The van der Waals surface area contributed by atoms with E-state index in [1.807, 2.05) is 0 Å². The van der Waals surface area contributed by atoms with E-state index in [9.17, 15) is 0 Å². The molecule has 1 unspecified atom stereocenters. The molecule has 0 heterocycles. The summed E-state index contributed by atoms with van der Waals surface area (Å²) in [5, 5.41) is 0. The quantitative estimate of drug-likeness (QED) is 0.520. The number of hydrogen-bond acceptors (Lipinski definition) is 0. The second-order valence-corrected chi connectivity index (χ2v) is 6.79. The molecular weight excluding hydrogens is 467 g/mol. The van der Waals surface area contributed by atoms with Crippen LogP contribution in [0.3, 0.4) is 0 Å². The fourth-order valence-electron chi connectivity index (χ4n) is 3.04. The predicted octanol–water partition coefficient (Wildman–Crippen LogP) is -0.874. The fraction of sp³-hybridized carbons (Fsp3) is 0.333. The van der Waals surface area contributed by atoms with Crippen molar-refractivity contribution < 1.29 is 58.7 Å². The molecule has 0 spiro atoms. The number of benzene rings is 1. The summed E-state index contributed by atoms with van der Waals surface area (Å²) in [7, 11) is 0. The zero-order valence-electron chi connectivity index (χ0n) is 12.2. The number of hydrogen-bond donors (Lipinski definition) is 0. The Balaban J connectivity index is 0.00000110. The fourth-order valence-corrected chi connectivity index (χ4v) is 4.32. The standard InChI is InChI=1S/C18H19.2BrH.Zr/c1-2-3-7-14-10-6-11-18(14)17-12-15-8-4-5-9-16(15)13-17;;;/h4-6,8-10,12-13H,2-3,7,11H2,1H3;2*1H;/q;;;+2/p-2. The molecule has 3 heteroatoms. The van der Waals surface area contributed by atoms with E-state index in [0.717, 1.165) is 6.42 Å².